The molecule has 1 aromatic carbocycles. The third-order valence-electron chi connectivity index (χ3n) is 3.55. The molecule has 24 heavy (non-hydrogen) atoms. The zero-order valence-corrected chi connectivity index (χ0v) is 12.4. The van der Waals surface area contributed by atoms with Gasteiger partial charge in [0.25, 0.3) is 5.56 Å². The average Bonchev–Trinajstić information content (AvgIpc) is 2.53. The van der Waals surface area contributed by atoms with Gasteiger partial charge in [-0.25, -0.2) is 9.59 Å². The van der Waals surface area contributed by atoms with E-state index in [0.717, 1.165) is 10.6 Å². The SMILES string of the molecule is N[C@H](C(=O)O)C(Cc1ccc(C(=O)O)cc1)n1ccc(=O)[nH]c1=O. The van der Waals surface area contributed by atoms with Crippen LogP contribution in [0.25, 0.3) is 0 Å². The van der Waals surface area contributed by atoms with E-state index >= 15 is 0 Å². The highest BCUT2D eigenvalue weighted by Crippen LogP contribution is 2.17. The Hall–Kier alpha value is -3.20. The third kappa shape index (κ3) is 3.76. The fraction of sp³-hybridized carbons (Fsp3) is 0.200. The third-order valence-corrected chi connectivity index (χ3v) is 3.55. The molecule has 0 amide bonds. The number of hydrogen-bond acceptors (Lipinski definition) is 5. The largest absolute Gasteiger partial charge is 0.480 e. The zero-order valence-electron chi connectivity index (χ0n) is 12.4. The molecule has 9 heteroatoms. The normalized spacial score (nSPS) is 13.2. The van der Waals surface area contributed by atoms with E-state index in [1.54, 1.807) is 0 Å². The Balaban J connectivity index is 2.40. The van der Waals surface area contributed by atoms with Crippen LogP contribution in [0.3, 0.4) is 0 Å². The fourth-order valence-electron chi connectivity index (χ4n) is 2.28. The molecule has 2 rings (SSSR count). The summed E-state index contributed by atoms with van der Waals surface area (Å²) in [5.74, 6) is -2.39. The molecule has 2 atom stereocenters. The molecule has 1 aromatic heterocycles. The number of nitrogens with two attached hydrogens (primary N) is 1. The van der Waals surface area contributed by atoms with Crippen LogP contribution in [0.1, 0.15) is 22.0 Å². The van der Waals surface area contributed by atoms with Gasteiger partial charge in [0.1, 0.15) is 6.04 Å². The van der Waals surface area contributed by atoms with E-state index in [1.165, 1.54) is 30.5 Å². The van der Waals surface area contributed by atoms with Crippen LogP contribution in [-0.4, -0.2) is 37.7 Å². The molecule has 0 aliphatic rings. The molecular formula is C15H15N3O6. The molecule has 1 unspecified atom stereocenters. The van der Waals surface area contributed by atoms with Crippen LogP contribution in [0.15, 0.2) is 46.1 Å². The number of nitrogens with one attached hydrogen (secondary N) is 1. The Bertz CT molecular complexity index is 868. The molecule has 0 spiro atoms. The van der Waals surface area contributed by atoms with Crippen LogP contribution in [0, 0.1) is 0 Å². The summed E-state index contributed by atoms with van der Waals surface area (Å²) in [5.41, 5.74) is 4.98. The van der Waals surface area contributed by atoms with Gasteiger partial charge in [0, 0.05) is 12.3 Å². The molecule has 1 heterocycles. The van der Waals surface area contributed by atoms with Gasteiger partial charge >= 0.3 is 17.6 Å². The minimum Gasteiger partial charge on any atom is -0.480 e. The minimum absolute atomic E-state index is 0.0688. The first-order valence-corrected chi connectivity index (χ1v) is 6.91. The number of carboxylic acids is 2. The van der Waals surface area contributed by atoms with Crippen molar-refractivity contribution in [3.05, 3.63) is 68.5 Å². The number of aromatic nitrogens is 2. The number of rotatable bonds is 6. The molecule has 0 aliphatic heterocycles. The standard InChI is InChI=1S/C15H15N3O6/c16-12(14(22)23)10(18-6-5-11(19)17-15(18)24)7-8-1-3-9(4-2-8)13(20)21/h1-6,10,12H,7,16H2,(H,20,21)(H,22,23)(H,17,19,24)/t10?,12-/m0/s1. The summed E-state index contributed by atoms with van der Waals surface area (Å²) < 4.78 is 1.05. The summed E-state index contributed by atoms with van der Waals surface area (Å²) in [7, 11) is 0. The Kier molecular flexibility index (Phi) is 4.95. The molecule has 0 saturated heterocycles. The first kappa shape index (κ1) is 17.2. The topological polar surface area (TPSA) is 155 Å². The predicted molar refractivity (Wildman–Crippen MR) is 83.1 cm³/mol. The average molecular weight is 333 g/mol. The van der Waals surface area contributed by atoms with Crippen molar-refractivity contribution in [3.63, 3.8) is 0 Å². The van der Waals surface area contributed by atoms with Crippen LogP contribution < -0.4 is 17.0 Å². The van der Waals surface area contributed by atoms with E-state index in [1.807, 2.05) is 4.98 Å². The molecule has 0 saturated carbocycles. The minimum atomic E-state index is -1.40. The Morgan fingerprint density at radius 3 is 2.25 bits per heavy atom. The lowest BCUT2D eigenvalue weighted by Gasteiger charge is -2.23. The predicted octanol–water partition coefficient (Wildman–Crippen LogP) is -0.570. The van der Waals surface area contributed by atoms with Gasteiger partial charge in [-0.05, 0) is 24.1 Å². The first-order chi connectivity index (χ1) is 11.3. The quantitative estimate of drug-likeness (QED) is 0.551. The van der Waals surface area contributed by atoms with Crippen LogP contribution in [0.2, 0.25) is 0 Å². The van der Waals surface area contributed by atoms with E-state index in [-0.39, 0.29) is 12.0 Å². The molecule has 0 radical (unpaired) electrons. The highest BCUT2D eigenvalue weighted by molar-refractivity contribution is 5.87. The van der Waals surface area contributed by atoms with Crippen molar-refractivity contribution < 1.29 is 19.8 Å². The van der Waals surface area contributed by atoms with E-state index in [4.69, 9.17) is 15.9 Å². The number of carboxylic acid groups (broad SMARTS) is 2. The highest BCUT2D eigenvalue weighted by Gasteiger charge is 2.27. The summed E-state index contributed by atoms with van der Waals surface area (Å²) >= 11 is 0. The lowest BCUT2D eigenvalue weighted by molar-refractivity contribution is -0.139. The zero-order chi connectivity index (χ0) is 17.9. The maximum Gasteiger partial charge on any atom is 0.335 e. The van der Waals surface area contributed by atoms with Gasteiger partial charge in [-0.1, -0.05) is 12.1 Å². The summed E-state index contributed by atoms with van der Waals surface area (Å²) in [6.45, 7) is 0. The van der Waals surface area contributed by atoms with Crippen molar-refractivity contribution in [2.45, 2.75) is 18.5 Å². The summed E-state index contributed by atoms with van der Waals surface area (Å²) in [6.07, 6.45) is 1.25. The van der Waals surface area contributed by atoms with Crippen molar-refractivity contribution in [2.75, 3.05) is 0 Å². The molecule has 9 nitrogen and oxygen atoms in total. The second-order valence-corrected chi connectivity index (χ2v) is 5.15. The highest BCUT2D eigenvalue weighted by atomic mass is 16.4. The second kappa shape index (κ2) is 6.92. The summed E-state index contributed by atoms with van der Waals surface area (Å²) in [5, 5.41) is 18.0. The number of H-pyrrole nitrogens is 1. The number of benzene rings is 1. The lowest BCUT2D eigenvalue weighted by atomic mass is 9.98. The lowest BCUT2D eigenvalue weighted by Crippen LogP contribution is -2.45. The van der Waals surface area contributed by atoms with Crippen molar-refractivity contribution in [1.82, 2.24) is 9.55 Å². The van der Waals surface area contributed by atoms with Gasteiger partial charge in [-0.3, -0.25) is 19.1 Å². The Labute approximate surface area is 135 Å². The van der Waals surface area contributed by atoms with Crippen molar-refractivity contribution in [2.24, 2.45) is 5.73 Å². The monoisotopic (exact) mass is 333 g/mol. The Morgan fingerprint density at radius 2 is 1.75 bits per heavy atom. The number of carbonyl (C=O) groups is 2. The van der Waals surface area contributed by atoms with Crippen molar-refractivity contribution in [3.8, 4) is 0 Å². The summed E-state index contributed by atoms with van der Waals surface area (Å²) in [6, 6.07) is 4.52. The molecule has 0 bridgehead atoms. The summed E-state index contributed by atoms with van der Waals surface area (Å²) in [4.78, 5) is 47.2. The number of aromatic amines is 1. The molecular weight excluding hydrogens is 318 g/mol. The van der Waals surface area contributed by atoms with E-state index < -0.39 is 35.3 Å². The molecule has 5 N–H and O–H groups in total. The van der Waals surface area contributed by atoms with Gasteiger partial charge in [-0.15, -0.1) is 0 Å². The number of aliphatic carboxylic acids is 1. The maximum atomic E-state index is 11.9. The van der Waals surface area contributed by atoms with Crippen LogP contribution in [0.5, 0.6) is 0 Å². The smallest absolute Gasteiger partial charge is 0.335 e. The van der Waals surface area contributed by atoms with Gasteiger partial charge in [-0.2, -0.15) is 0 Å². The van der Waals surface area contributed by atoms with Gasteiger partial charge in [0.05, 0.1) is 11.6 Å². The number of nitrogens with zero attached hydrogens (tertiary/aromatic N) is 1. The number of aromatic carboxylic acids is 1. The van der Waals surface area contributed by atoms with Gasteiger partial charge in [0.2, 0.25) is 0 Å². The molecule has 0 aliphatic carbocycles. The van der Waals surface area contributed by atoms with Crippen molar-refractivity contribution in [1.29, 1.82) is 0 Å². The van der Waals surface area contributed by atoms with Crippen LogP contribution in [0.4, 0.5) is 0 Å². The van der Waals surface area contributed by atoms with E-state index in [9.17, 15) is 19.2 Å². The maximum absolute atomic E-state index is 11.9. The van der Waals surface area contributed by atoms with Gasteiger partial charge in [0.15, 0.2) is 0 Å². The van der Waals surface area contributed by atoms with Gasteiger partial charge < -0.3 is 15.9 Å². The number of hydrogen-bond donors (Lipinski definition) is 4. The van der Waals surface area contributed by atoms with E-state index in [0.29, 0.717) is 5.56 Å². The molecule has 2 aromatic rings. The first-order valence-electron chi connectivity index (χ1n) is 6.91. The molecule has 126 valence electrons. The van der Waals surface area contributed by atoms with E-state index in [2.05, 4.69) is 0 Å². The van der Waals surface area contributed by atoms with Crippen LogP contribution >= 0.6 is 0 Å². The molecule has 0 fully saturated rings. The fourth-order valence-corrected chi connectivity index (χ4v) is 2.28. The second-order valence-electron chi connectivity index (χ2n) is 5.15. The van der Waals surface area contributed by atoms with Crippen molar-refractivity contribution >= 4 is 11.9 Å². The van der Waals surface area contributed by atoms with Crippen LogP contribution in [-0.2, 0) is 11.2 Å². The Morgan fingerprint density at radius 1 is 1.12 bits per heavy atom.